The molecular weight excluding hydrogens is 342 g/mol. The van der Waals surface area contributed by atoms with E-state index < -0.39 is 0 Å². The molecule has 1 aromatic heterocycles. The average molecular weight is 358 g/mol. The maximum atomic E-state index is 12.3. The van der Waals surface area contributed by atoms with Crippen LogP contribution in [0.1, 0.15) is 12.5 Å². The molecule has 3 aromatic rings. The summed E-state index contributed by atoms with van der Waals surface area (Å²) < 4.78 is 7.05. The van der Waals surface area contributed by atoms with Crippen molar-refractivity contribution in [1.29, 1.82) is 0 Å². The van der Waals surface area contributed by atoms with Gasteiger partial charge in [-0.05, 0) is 53.2 Å². The highest BCUT2D eigenvalue weighted by Crippen LogP contribution is 2.28. The van der Waals surface area contributed by atoms with E-state index in [-0.39, 0.29) is 12.3 Å². The van der Waals surface area contributed by atoms with Gasteiger partial charge in [0.05, 0.1) is 24.4 Å². The van der Waals surface area contributed by atoms with Gasteiger partial charge in [0, 0.05) is 5.02 Å². The third-order valence-corrected chi connectivity index (χ3v) is 3.67. The molecule has 1 heterocycles. The molecule has 7 nitrogen and oxygen atoms in total. The topological polar surface area (TPSA) is 81.9 Å². The number of carbonyl (C=O) groups excluding carboxylic acids is 1. The number of rotatable bonds is 6. The lowest BCUT2D eigenvalue weighted by molar-refractivity contribution is -0.115. The van der Waals surface area contributed by atoms with Crippen molar-refractivity contribution >= 4 is 23.2 Å². The van der Waals surface area contributed by atoms with Crippen molar-refractivity contribution < 1.29 is 9.53 Å². The minimum absolute atomic E-state index is 0.154. The van der Waals surface area contributed by atoms with Crippen LogP contribution in [-0.4, -0.2) is 32.7 Å². The van der Waals surface area contributed by atoms with Crippen molar-refractivity contribution in [3.05, 3.63) is 59.4 Å². The quantitative estimate of drug-likeness (QED) is 0.733. The van der Waals surface area contributed by atoms with Crippen molar-refractivity contribution in [2.24, 2.45) is 0 Å². The molecule has 0 bridgehead atoms. The van der Waals surface area contributed by atoms with Crippen molar-refractivity contribution in [2.45, 2.75) is 13.3 Å². The summed E-state index contributed by atoms with van der Waals surface area (Å²) in [4.78, 5) is 12.3. The molecule has 0 atom stereocenters. The summed E-state index contributed by atoms with van der Waals surface area (Å²) in [6, 6.07) is 12.6. The second-order valence-electron chi connectivity index (χ2n) is 5.22. The van der Waals surface area contributed by atoms with Crippen LogP contribution in [0.4, 0.5) is 5.69 Å². The Kier molecular flexibility index (Phi) is 5.25. The van der Waals surface area contributed by atoms with Gasteiger partial charge in [0.1, 0.15) is 12.1 Å². The summed E-state index contributed by atoms with van der Waals surface area (Å²) >= 11 is 6.00. The third kappa shape index (κ3) is 4.33. The van der Waals surface area contributed by atoms with Gasteiger partial charge >= 0.3 is 0 Å². The first-order valence-electron chi connectivity index (χ1n) is 7.70. The van der Waals surface area contributed by atoms with Gasteiger partial charge in [-0.1, -0.05) is 23.7 Å². The van der Waals surface area contributed by atoms with Crippen molar-refractivity contribution in [3.63, 3.8) is 0 Å². The zero-order chi connectivity index (χ0) is 17.6. The number of nitrogens with one attached hydrogen (secondary N) is 1. The van der Waals surface area contributed by atoms with E-state index in [1.807, 2.05) is 31.2 Å². The van der Waals surface area contributed by atoms with Gasteiger partial charge in [-0.25, -0.2) is 4.68 Å². The van der Waals surface area contributed by atoms with Gasteiger partial charge in [0.15, 0.2) is 0 Å². The first-order chi connectivity index (χ1) is 12.2. The predicted molar refractivity (Wildman–Crippen MR) is 94.1 cm³/mol. The summed E-state index contributed by atoms with van der Waals surface area (Å²) in [5.74, 6) is 0.438. The van der Waals surface area contributed by atoms with E-state index in [0.29, 0.717) is 23.1 Å². The summed E-state index contributed by atoms with van der Waals surface area (Å²) in [7, 11) is 0. The molecule has 0 saturated heterocycles. The minimum atomic E-state index is -0.154. The second-order valence-corrected chi connectivity index (χ2v) is 5.66. The lowest BCUT2D eigenvalue weighted by atomic mass is 10.1. The average Bonchev–Trinajstić information content (AvgIpc) is 3.12. The maximum absolute atomic E-state index is 12.3. The summed E-state index contributed by atoms with van der Waals surface area (Å²) in [5.41, 5.74) is 2.25. The SMILES string of the molecule is CCOc1ccc(Cl)cc1NC(=O)Cc1ccc(-n2cnnn2)cc1. The largest absolute Gasteiger partial charge is 0.492 e. The van der Waals surface area contributed by atoms with Crippen molar-refractivity contribution in [1.82, 2.24) is 20.2 Å². The number of ether oxygens (including phenoxy) is 1. The lowest BCUT2D eigenvalue weighted by Crippen LogP contribution is -2.15. The minimum Gasteiger partial charge on any atom is -0.492 e. The van der Waals surface area contributed by atoms with E-state index in [2.05, 4.69) is 20.8 Å². The summed E-state index contributed by atoms with van der Waals surface area (Å²) in [6.07, 6.45) is 1.74. The van der Waals surface area contributed by atoms with Gasteiger partial charge in [-0.15, -0.1) is 5.10 Å². The van der Waals surface area contributed by atoms with Gasteiger partial charge in [0.25, 0.3) is 0 Å². The number of hydrogen-bond donors (Lipinski definition) is 1. The Labute approximate surface area is 149 Å². The molecule has 2 aromatic carbocycles. The van der Waals surface area contributed by atoms with Gasteiger partial charge in [-0.2, -0.15) is 0 Å². The zero-order valence-electron chi connectivity index (χ0n) is 13.5. The normalized spacial score (nSPS) is 10.5. The van der Waals surface area contributed by atoms with E-state index >= 15 is 0 Å². The van der Waals surface area contributed by atoms with Crippen LogP contribution in [0.15, 0.2) is 48.8 Å². The molecule has 0 unspecified atom stereocenters. The Morgan fingerprint density at radius 3 is 2.72 bits per heavy atom. The predicted octanol–water partition coefficient (Wildman–Crippen LogP) is 2.90. The van der Waals surface area contributed by atoms with Gasteiger partial charge < -0.3 is 10.1 Å². The number of halogens is 1. The smallest absolute Gasteiger partial charge is 0.228 e. The first-order valence-corrected chi connectivity index (χ1v) is 8.08. The number of hydrogen-bond acceptors (Lipinski definition) is 5. The molecular formula is C17H16ClN5O2. The number of tetrazole rings is 1. The monoisotopic (exact) mass is 357 g/mol. The Balaban J connectivity index is 1.67. The Morgan fingerprint density at radius 1 is 1.24 bits per heavy atom. The molecule has 1 N–H and O–H groups in total. The summed E-state index contributed by atoms with van der Waals surface area (Å²) in [6.45, 7) is 2.38. The fourth-order valence-electron chi connectivity index (χ4n) is 2.31. The lowest BCUT2D eigenvalue weighted by Gasteiger charge is -2.12. The van der Waals surface area contributed by atoms with Crippen LogP contribution in [0.25, 0.3) is 5.69 Å². The first kappa shape index (κ1) is 16.9. The number of anilines is 1. The number of aromatic nitrogens is 4. The van der Waals surface area contributed by atoms with E-state index in [0.717, 1.165) is 11.3 Å². The molecule has 0 aliphatic heterocycles. The molecule has 0 spiro atoms. The molecule has 0 fully saturated rings. The van der Waals surface area contributed by atoms with Crippen LogP contribution in [0.2, 0.25) is 5.02 Å². The molecule has 128 valence electrons. The van der Waals surface area contributed by atoms with E-state index in [9.17, 15) is 4.79 Å². The fourth-order valence-corrected chi connectivity index (χ4v) is 2.48. The molecule has 0 saturated carbocycles. The summed E-state index contributed by atoms with van der Waals surface area (Å²) in [5, 5.41) is 14.4. The van der Waals surface area contributed by atoms with Crippen molar-refractivity contribution in [3.8, 4) is 11.4 Å². The van der Waals surface area contributed by atoms with Crippen LogP contribution in [0.5, 0.6) is 5.75 Å². The molecule has 1 amide bonds. The molecule has 8 heteroatoms. The van der Waals surface area contributed by atoms with Crippen LogP contribution in [0.3, 0.4) is 0 Å². The molecule has 0 aliphatic rings. The van der Waals surface area contributed by atoms with Crippen LogP contribution >= 0.6 is 11.6 Å². The standard InChI is InChI=1S/C17H16ClN5O2/c1-2-25-16-8-5-13(18)10-15(16)20-17(24)9-12-3-6-14(7-4-12)23-11-19-21-22-23/h3-8,10-11H,2,9H2,1H3,(H,20,24). The van der Waals surface area contributed by atoms with E-state index in [4.69, 9.17) is 16.3 Å². The fraction of sp³-hybridized carbons (Fsp3) is 0.176. The molecule has 0 aliphatic carbocycles. The second kappa shape index (κ2) is 7.76. The van der Waals surface area contributed by atoms with Crippen LogP contribution in [-0.2, 0) is 11.2 Å². The molecule has 3 rings (SSSR count). The number of carbonyl (C=O) groups is 1. The van der Waals surface area contributed by atoms with E-state index in [1.165, 1.54) is 6.33 Å². The molecule has 25 heavy (non-hydrogen) atoms. The van der Waals surface area contributed by atoms with Gasteiger partial charge in [-0.3, -0.25) is 4.79 Å². The van der Waals surface area contributed by atoms with Crippen LogP contribution in [0, 0.1) is 0 Å². The van der Waals surface area contributed by atoms with Crippen molar-refractivity contribution in [2.75, 3.05) is 11.9 Å². The highest BCUT2D eigenvalue weighted by Gasteiger charge is 2.10. The van der Waals surface area contributed by atoms with Crippen LogP contribution < -0.4 is 10.1 Å². The van der Waals surface area contributed by atoms with E-state index in [1.54, 1.807) is 22.9 Å². The Morgan fingerprint density at radius 2 is 2.04 bits per heavy atom. The maximum Gasteiger partial charge on any atom is 0.228 e. The Hall–Kier alpha value is -2.93. The number of benzene rings is 2. The third-order valence-electron chi connectivity index (χ3n) is 3.43. The zero-order valence-corrected chi connectivity index (χ0v) is 14.3. The highest BCUT2D eigenvalue weighted by atomic mass is 35.5. The molecule has 0 radical (unpaired) electrons. The number of amides is 1. The number of nitrogens with zero attached hydrogens (tertiary/aromatic N) is 4. The highest BCUT2D eigenvalue weighted by molar-refractivity contribution is 6.31. The Bertz CT molecular complexity index is 850. The van der Waals surface area contributed by atoms with Gasteiger partial charge in [0.2, 0.25) is 5.91 Å².